The Hall–Kier alpha value is -1.40. The Morgan fingerprint density at radius 3 is 2.85 bits per heavy atom. The molecule has 0 radical (unpaired) electrons. The van der Waals surface area contributed by atoms with E-state index in [-0.39, 0.29) is 11.0 Å². The molecule has 6 heteroatoms. The van der Waals surface area contributed by atoms with Crippen molar-refractivity contribution < 1.29 is 4.74 Å². The molecule has 1 heterocycles. The molecule has 0 aliphatic heterocycles. The predicted octanol–water partition coefficient (Wildman–Crippen LogP) is 0.455. The van der Waals surface area contributed by atoms with Crippen LogP contribution < -0.4 is 16.2 Å². The lowest BCUT2D eigenvalue weighted by Gasteiger charge is -2.19. The summed E-state index contributed by atoms with van der Waals surface area (Å²) in [6.07, 6.45) is 5.01. The van der Waals surface area contributed by atoms with Crippen molar-refractivity contribution in [2.45, 2.75) is 25.8 Å². The van der Waals surface area contributed by atoms with Gasteiger partial charge < -0.3 is 15.4 Å². The van der Waals surface area contributed by atoms with Crippen molar-refractivity contribution in [1.82, 2.24) is 9.78 Å². The number of likely N-dealkylation sites (N-methyl/N-ethyl adjacent to an activating group) is 1. The number of hydrogen-bond acceptors (Lipinski definition) is 5. The highest BCUT2D eigenvalue weighted by Crippen LogP contribution is 2.49. The molecule has 1 saturated carbocycles. The first-order valence-corrected chi connectivity index (χ1v) is 7.07. The Kier molecular flexibility index (Phi) is 4.77. The van der Waals surface area contributed by atoms with Crippen LogP contribution in [0.2, 0.25) is 0 Å². The number of methoxy groups -OCH3 is 1. The Bertz CT molecular complexity index is 496. The summed E-state index contributed by atoms with van der Waals surface area (Å²) in [6, 6.07) is 1.64. The highest BCUT2D eigenvalue weighted by atomic mass is 16.5. The van der Waals surface area contributed by atoms with Gasteiger partial charge in [0.05, 0.1) is 25.0 Å². The van der Waals surface area contributed by atoms with E-state index in [4.69, 9.17) is 10.5 Å². The quantitative estimate of drug-likeness (QED) is 0.748. The van der Waals surface area contributed by atoms with Crippen LogP contribution in [-0.2, 0) is 11.3 Å². The molecule has 1 aromatic rings. The van der Waals surface area contributed by atoms with Crippen LogP contribution in [0.15, 0.2) is 17.1 Å². The van der Waals surface area contributed by atoms with Gasteiger partial charge in [0.1, 0.15) is 0 Å². The molecule has 1 aliphatic carbocycles. The second-order valence-electron chi connectivity index (χ2n) is 5.66. The highest BCUT2D eigenvalue weighted by Gasteiger charge is 2.42. The van der Waals surface area contributed by atoms with Crippen LogP contribution in [0.1, 0.15) is 19.3 Å². The van der Waals surface area contributed by atoms with E-state index in [0.717, 1.165) is 31.5 Å². The van der Waals surface area contributed by atoms with Gasteiger partial charge in [0, 0.05) is 26.8 Å². The molecule has 1 aliphatic rings. The van der Waals surface area contributed by atoms with E-state index >= 15 is 0 Å². The first-order chi connectivity index (χ1) is 9.60. The Labute approximate surface area is 119 Å². The minimum Gasteiger partial charge on any atom is -0.383 e. The van der Waals surface area contributed by atoms with Gasteiger partial charge in [-0.25, -0.2) is 4.68 Å². The monoisotopic (exact) mass is 280 g/mol. The van der Waals surface area contributed by atoms with Crippen LogP contribution >= 0.6 is 0 Å². The number of anilines is 1. The fourth-order valence-electron chi connectivity index (χ4n) is 2.40. The van der Waals surface area contributed by atoms with Gasteiger partial charge in [0.2, 0.25) is 0 Å². The van der Waals surface area contributed by atoms with Crippen LogP contribution in [0.3, 0.4) is 0 Å². The molecule has 2 rings (SSSR count). The third-order valence-corrected chi connectivity index (χ3v) is 4.04. The van der Waals surface area contributed by atoms with Gasteiger partial charge in [-0.15, -0.1) is 0 Å². The number of nitrogens with zero attached hydrogens (tertiary/aromatic N) is 3. The minimum atomic E-state index is -0.0462. The molecule has 6 nitrogen and oxygen atoms in total. The van der Waals surface area contributed by atoms with Crippen molar-refractivity contribution in [2.75, 3.05) is 38.8 Å². The van der Waals surface area contributed by atoms with Gasteiger partial charge in [0.15, 0.2) is 0 Å². The van der Waals surface area contributed by atoms with E-state index in [1.54, 1.807) is 24.1 Å². The van der Waals surface area contributed by atoms with Gasteiger partial charge in [-0.05, 0) is 31.2 Å². The van der Waals surface area contributed by atoms with E-state index in [1.807, 2.05) is 11.9 Å². The Balaban J connectivity index is 2.04. The number of rotatable bonds is 8. The summed E-state index contributed by atoms with van der Waals surface area (Å²) in [5.41, 5.74) is 6.63. The molecule has 0 bridgehead atoms. The Morgan fingerprint density at radius 2 is 2.30 bits per heavy atom. The minimum absolute atomic E-state index is 0.0462. The van der Waals surface area contributed by atoms with E-state index in [2.05, 4.69) is 5.10 Å². The molecule has 112 valence electrons. The average Bonchev–Trinajstić information content (AvgIpc) is 3.18. The largest absolute Gasteiger partial charge is 0.383 e. The second kappa shape index (κ2) is 6.37. The SMILES string of the molecule is COCCN(C)c1cnn(CC2(CCN)CC2)c(=O)c1. The normalized spacial score (nSPS) is 16.1. The molecule has 20 heavy (non-hydrogen) atoms. The maximum atomic E-state index is 12.1. The summed E-state index contributed by atoms with van der Waals surface area (Å²) < 4.78 is 6.60. The molecule has 0 atom stereocenters. The number of hydrogen-bond donors (Lipinski definition) is 1. The summed E-state index contributed by atoms with van der Waals surface area (Å²) in [7, 11) is 3.59. The van der Waals surface area contributed by atoms with E-state index in [0.29, 0.717) is 19.7 Å². The first kappa shape index (κ1) is 15.0. The summed E-state index contributed by atoms with van der Waals surface area (Å²) in [6.45, 7) is 2.72. The fourth-order valence-corrected chi connectivity index (χ4v) is 2.40. The zero-order valence-corrected chi connectivity index (χ0v) is 12.3. The van der Waals surface area contributed by atoms with Crippen molar-refractivity contribution >= 4 is 5.69 Å². The van der Waals surface area contributed by atoms with Gasteiger partial charge >= 0.3 is 0 Å². The van der Waals surface area contributed by atoms with Gasteiger partial charge in [-0.2, -0.15) is 5.10 Å². The summed E-state index contributed by atoms with van der Waals surface area (Å²) in [5.74, 6) is 0. The van der Waals surface area contributed by atoms with Crippen LogP contribution in [0.5, 0.6) is 0 Å². The van der Waals surface area contributed by atoms with Crippen molar-refractivity contribution in [2.24, 2.45) is 11.1 Å². The van der Waals surface area contributed by atoms with Crippen LogP contribution in [0.25, 0.3) is 0 Å². The number of nitrogens with two attached hydrogens (primary N) is 1. The summed E-state index contributed by atoms with van der Waals surface area (Å²) in [5, 5.41) is 4.30. The number of aromatic nitrogens is 2. The van der Waals surface area contributed by atoms with Crippen LogP contribution in [0.4, 0.5) is 5.69 Å². The van der Waals surface area contributed by atoms with Gasteiger partial charge in [0.25, 0.3) is 5.56 Å². The molecular weight excluding hydrogens is 256 g/mol. The first-order valence-electron chi connectivity index (χ1n) is 7.07. The Morgan fingerprint density at radius 1 is 1.55 bits per heavy atom. The molecule has 0 aromatic carbocycles. The zero-order valence-electron chi connectivity index (χ0n) is 12.3. The molecular formula is C14H24N4O2. The molecule has 0 unspecified atom stereocenters. The van der Waals surface area contributed by atoms with E-state index < -0.39 is 0 Å². The fraction of sp³-hybridized carbons (Fsp3) is 0.714. The number of ether oxygens (including phenoxy) is 1. The average molecular weight is 280 g/mol. The van der Waals surface area contributed by atoms with Crippen LogP contribution in [0, 0.1) is 5.41 Å². The molecule has 1 aromatic heterocycles. The standard InChI is InChI=1S/C14H24N4O2/c1-17(7-8-20-2)12-9-13(19)18(16-10-12)11-14(3-4-14)5-6-15/h9-10H,3-8,11,15H2,1-2H3. The second-order valence-corrected chi connectivity index (χ2v) is 5.66. The molecule has 0 spiro atoms. The van der Waals surface area contributed by atoms with Crippen molar-refractivity contribution in [3.05, 3.63) is 22.6 Å². The molecule has 2 N–H and O–H groups in total. The smallest absolute Gasteiger partial charge is 0.268 e. The third-order valence-electron chi connectivity index (χ3n) is 4.04. The van der Waals surface area contributed by atoms with Gasteiger partial charge in [-0.3, -0.25) is 4.79 Å². The lowest BCUT2D eigenvalue weighted by atomic mass is 10.0. The van der Waals surface area contributed by atoms with Crippen molar-refractivity contribution in [1.29, 1.82) is 0 Å². The molecule has 1 fully saturated rings. The molecule has 0 amide bonds. The topological polar surface area (TPSA) is 73.4 Å². The van der Waals surface area contributed by atoms with Gasteiger partial charge in [-0.1, -0.05) is 0 Å². The van der Waals surface area contributed by atoms with E-state index in [9.17, 15) is 4.79 Å². The zero-order chi connectivity index (χ0) is 14.6. The summed E-state index contributed by atoms with van der Waals surface area (Å²) >= 11 is 0. The lowest BCUT2D eigenvalue weighted by Crippen LogP contribution is -2.30. The predicted molar refractivity (Wildman–Crippen MR) is 79.0 cm³/mol. The van der Waals surface area contributed by atoms with E-state index in [1.165, 1.54) is 0 Å². The van der Waals surface area contributed by atoms with Crippen molar-refractivity contribution in [3.8, 4) is 0 Å². The molecule has 0 saturated heterocycles. The maximum Gasteiger partial charge on any atom is 0.268 e. The lowest BCUT2D eigenvalue weighted by molar-refractivity contribution is 0.206. The summed E-state index contributed by atoms with van der Waals surface area (Å²) in [4.78, 5) is 14.1. The van der Waals surface area contributed by atoms with Crippen molar-refractivity contribution in [3.63, 3.8) is 0 Å². The third kappa shape index (κ3) is 3.58. The maximum absolute atomic E-state index is 12.1. The van der Waals surface area contributed by atoms with Crippen LogP contribution in [-0.4, -0.2) is 43.6 Å². The highest BCUT2D eigenvalue weighted by molar-refractivity contribution is 5.41.